The van der Waals surface area contributed by atoms with E-state index in [1.165, 1.54) is 0 Å². The molecule has 0 unspecified atom stereocenters. The highest BCUT2D eigenvalue weighted by Crippen LogP contribution is 2.22. The Morgan fingerprint density at radius 1 is 1.15 bits per heavy atom. The van der Waals surface area contributed by atoms with Crippen LogP contribution in [0.2, 0.25) is 10.0 Å². The van der Waals surface area contributed by atoms with Crippen molar-refractivity contribution in [2.75, 3.05) is 0 Å². The van der Waals surface area contributed by atoms with Crippen molar-refractivity contribution in [2.24, 2.45) is 5.16 Å². The van der Waals surface area contributed by atoms with E-state index in [1.54, 1.807) is 19.1 Å². The molecule has 0 saturated carbocycles. The van der Waals surface area contributed by atoms with Crippen LogP contribution in [0, 0.1) is 0 Å². The van der Waals surface area contributed by atoms with Crippen molar-refractivity contribution >= 4 is 28.9 Å². The van der Waals surface area contributed by atoms with Gasteiger partial charge in [-0.2, -0.15) is 0 Å². The van der Waals surface area contributed by atoms with Crippen molar-refractivity contribution in [2.45, 2.75) is 13.5 Å². The Bertz CT molecular complexity index is 624. The van der Waals surface area contributed by atoms with Gasteiger partial charge in [0.15, 0.2) is 0 Å². The molecule has 1 N–H and O–H groups in total. The molecule has 0 radical (unpaired) electrons. The molecule has 0 bridgehead atoms. The first-order valence-corrected chi connectivity index (χ1v) is 6.71. The predicted molar refractivity (Wildman–Crippen MR) is 81.2 cm³/mol. The van der Waals surface area contributed by atoms with E-state index < -0.39 is 0 Å². The molecule has 104 valence electrons. The Morgan fingerprint density at radius 2 is 1.85 bits per heavy atom. The molecular weight excluding hydrogens is 297 g/mol. The van der Waals surface area contributed by atoms with Gasteiger partial charge in [0.1, 0.15) is 12.4 Å². The molecule has 0 heterocycles. The van der Waals surface area contributed by atoms with Gasteiger partial charge < -0.3 is 9.94 Å². The molecule has 0 saturated heterocycles. The summed E-state index contributed by atoms with van der Waals surface area (Å²) in [5.41, 5.74) is 2.26. The van der Waals surface area contributed by atoms with Crippen LogP contribution in [0.3, 0.4) is 0 Å². The third-order valence-corrected chi connectivity index (χ3v) is 3.42. The number of rotatable bonds is 4. The number of halogens is 2. The van der Waals surface area contributed by atoms with Gasteiger partial charge in [-0.1, -0.05) is 34.4 Å². The Balaban J connectivity index is 2.04. The maximum atomic E-state index is 8.69. The van der Waals surface area contributed by atoms with E-state index in [9.17, 15) is 0 Å². The Kier molecular flexibility index (Phi) is 4.88. The van der Waals surface area contributed by atoms with E-state index >= 15 is 0 Å². The fourth-order valence-electron chi connectivity index (χ4n) is 1.65. The van der Waals surface area contributed by atoms with Gasteiger partial charge >= 0.3 is 0 Å². The van der Waals surface area contributed by atoms with Crippen molar-refractivity contribution < 1.29 is 9.94 Å². The van der Waals surface area contributed by atoms with Gasteiger partial charge in [-0.3, -0.25) is 0 Å². The van der Waals surface area contributed by atoms with Crippen molar-refractivity contribution in [1.29, 1.82) is 0 Å². The first-order chi connectivity index (χ1) is 9.60. The summed E-state index contributed by atoms with van der Waals surface area (Å²) < 4.78 is 5.65. The monoisotopic (exact) mass is 309 g/mol. The summed E-state index contributed by atoms with van der Waals surface area (Å²) in [5.74, 6) is 0.713. The second-order valence-electron chi connectivity index (χ2n) is 4.23. The van der Waals surface area contributed by atoms with Crippen LogP contribution in [0.4, 0.5) is 0 Å². The molecule has 0 aliphatic rings. The second kappa shape index (κ2) is 6.64. The molecule has 5 heteroatoms. The minimum atomic E-state index is 0.364. The largest absolute Gasteiger partial charge is 0.489 e. The maximum absolute atomic E-state index is 8.69. The Morgan fingerprint density at radius 3 is 2.45 bits per heavy atom. The third kappa shape index (κ3) is 3.65. The zero-order valence-corrected chi connectivity index (χ0v) is 12.3. The summed E-state index contributed by atoms with van der Waals surface area (Å²) in [6.45, 7) is 2.09. The van der Waals surface area contributed by atoms with Crippen LogP contribution in [0.5, 0.6) is 5.75 Å². The summed E-state index contributed by atoms with van der Waals surface area (Å²) in [6, 6.07) is 12.6. The van der Waals surface area contributed by atoms with E-state index in [1.807, 2.05) is 30.3 Å². The van der Waals surface area contributed by atoms with Crippen LogP contribution in [-0.4, -0.2) is 10.9 Å². The summed E-state index contributed by atoms with van der Waals surface area (Å²) in [7, 11) is 0. The van der Waals surface area contributed by atoms with E-state index in [0.29, 0.717) is 28.1 Å². The van der Waals surface area contributed by atoms with Crippen LogP contribution in [-0.2, 0) is 6.61 Å². The second-order valence-corrected chi connectivity index (χ2v) is 5.08. The molecular formula is C15H13Cl2NO2. The van der Waals surface area contributed by atoms with Crippen molar-refractivity contribution in [3.63, 3.8) is 0 Å². The molecule has 0 aromatic heterocycles. The first-order valence-electron chi connectivity index (χ1n) is 5.96. The van der Waals surface area contributed by atoms with Gasteiger partial charge in [-0.05, 0) is 48.9 Å². The van der Waals surface area contributed by atoms with Gasteiger partial charge in [0.25, 0.3) is 0 Å². The first kappa shape index (κ1) is 14.7. The fourth-order valence-corrected chi connectivity index (χ4v) is 2.11. The zero-order valence-electron chi connectivity index (χ0n) is 10.8. The number of benzene rings is 2. The van der Waals surface area contributed by atoms with Crippen LogP contribution < -0.4 is 4.74 Å². The number of oxime groups is 1. The number of hydrogen-bond acceptors (Lipinski definition) is 3. The average molecular weight is 310 g/mol. The van der Waals surface area contributed by atoms with E-state index in [2.05, 4.69) is 5.16 Å². The smallest absolute Gasteiger partial charge is 0.119 e. The van der Waals surface area contributed by atoms with Gasteiger partial charge in [0, 0.05) is 15.6 Å². The van der Waals surface area contributed by atoms with Gasteiger partial charge in [-0.15, -0.1) is 0 Å². The lowest BCUT2D eigenvalue weighted by Crippen LogP contribution is -1.98. The van der Waals surface area contributed by atoms with Gasteiger partial charge in [0.05, 0.1) is 5.71 Å². The molecule has 0 atom stereocenters. The van der Waals surface area contributed by atoms with Crippen LogP contribution in [0.1, 0.15) is 18.1 Å². The average Bonchev–Trinajstić information content (AvgIpc) is 2.46. The molecule has 0 aliphatic heterocycles. The van der Waals surface area contributed by atoms with E-state index in [4.69, 9.17) is 33.1 Å². The molecule has 2 rings (SSSR count). The Hall–Kier alpha value is -1.71. The number of hydrogen-bond donors (Lipinski definition) is 1. The van der Waals surface area contributed by atoms with Crippen molar-refractivity contribution in [1.82, 2.24) is 0 Å². The molecule has 2 aromatic carbocycles. The molecule has 20 heavy (non-hydrogen) atoms. The topological polar surface area (TPSA) is 41.8 Å². The molecule has 0 amide bonds. The quantitative estimate of drug-likeness (QED) is 0.502. The zero-order chi connectivity index (χ0) is 14.5. The van der Waals surface area contributed by atoms with Gasteiger partial charge in [0.2, 0.25) is 0 Å². The molecule has 0 aliphatic carbocycles. The normalized spacial score (nSPS) is 11.4. The summed E-state index contributed by atoms with van der Waals surface area (Å²) in [4.78, 5) is 0. The summed E-state index contributed by atoms with van der Waals surface area (Å²) >= 11 is 11.9. The highest BCUT2D eigenvalue weighted by Gasteiger charge is 2.03. The molecule has 2 aromatic rings. The SMILES string of the molecule is C/C(=N\O)c1ccc(OCc2ccc(Cl)cc2Cl)cc1. The van der Waals surface area contributed by atoms with E-state index in [-0.39, 0.29) is 0 Å². The maximum Gasteiger partial charge on any atom is 0.119 e. The van der Waals surface area contributed by atoms with Crippen LogP contribution in [0.15, 0.2) is 47.6 Å². The van der Waals surface area contributed by atoms with Gasteiger partial charge in [-0.25, -0.2) is 0 Å². The molecule has 3 nitrogen and oxygen atoms in total. The fraction of sp³-hybridized carbons (Fsp3) is 0.133. The standard InChI is InChI=1S/C15H13Cl2NO2/c1-10(18-19)11-3-6-14(7-4-11)20-9-12-2-5-13(16)8-15(12)17/h2-8,19H,9H2,1H3/b18-10+. The summed E-state index contributed by atoms with van der Waals surface area (Å²) in [5, 5.41) is 13.0. The predicted octanol–water partition coefficient (Wildman–Crippen LogP) is 4.77. The molecule has 0 spiro atoms. The van der Waals surface area contributed by atoms with Crippen LogP contribution >= 0.6 is 23.2 Å². The van der Waals surface area contributed by atoms with E-state index in [0.717, 1.165) is 11.1 Å². The molecule has 0 fully saturated rings. The number of nitrogens with zero attached hydrogens (tertiary/aromatic N) is 1. The van der Waals surface area contributed by atoms with Crippen molar-refractivity contribution in [3.8, 4) is 5.75 Å². The van der Waals surface area contributed by atoms with Crippen LogP contribution in [0.25, 0.3) is 0 Å². The minimum absolute atomic E-state index is 0.364. The highest BCUT2D eigenvalue weighted by molar-refractivity contribution is 6.35. The van der Waals surface area contributed by atoms with Crippen molar-refractivity contribution in [3.05, 3.63) is 63.6 Å². The summed E-state index contributed by atoms with van der Waals surface area (Å²) in [6.07, 6.45) is 0. The lowest BCUT2D eigenvalue weighted by molar-refractivity contribution is 0.306. The Labute approximate surface area is 127 Å². The third-order valence-electron chi connectivity index (χ3n) is 2.83. The lowest BCUT2D eigenvalue weighted by Gasteiger charge is -2.08. The highest BCUT2D eigenvalue weighted by atomic mass is 35.5. The lowest BCUT2D eigenvalue weighted by atomic mass is 10.1. The number of ether oxygens (including phenoxy) is 1. The minimum Gasteiger partial charge on any atom is -0.489 e.